The van der Waals surface area contributed by atoms with Crippen LogP contribution in [0.2, 0.25) is 0 Å². The van der Waals surface area contributed by atoms with E-state index >= 15 is 0 Å². The molecule has 0 aromatic rings. The predicted octanol–water partition coefficient (Wildman–Crippen LogP) is 4.50. The van der Waals surface area contributed by atoms with Gasteiger partial charge in [-0.25, -0.2) is 9.38 Å². The van der Waals surface area contributed by atoms with Crippen molar-refractivity contribution in [2.24, 2.45) is 21.8 Å². The van der Waals surface area contributed by atoms with Gasteiger partial charge in [0.15, 0.2) is 0 Å². The lowest BCUT2D eigenvalue weighted by molar-refractivity contribution is -0.0911. The summed E-state index contributed by atoms with van der Waals surface area (Å²) in [6, 6.07) is -0.858. The lowest BCUT2D eigenvalue weighted by Crippen LogP contribution is -2.50. The Kier molecular flexibility index (Phi) is 7.16. The van der Waals surface area contributed by atoms with E-state index in [1.165, 1.54) is 6.08 Å². The van der Waals surface area contributed by atoms with Gasteiger partial charge < -0.3 is 20.3 Å². The number of aliphatic imine (C=N–C) groups is 2. The third-order valence-corrected chi connectivity index (χ3v) is 7.74. The normalized spacial score (nSPS) is 34.8. The quantitative estimate of drug-likeness (QED) is 0.497. The van der Waals surface area contributed by atoms with Crippen LogP contribution in [0.1, 0.15) is 58.8 Å². The van der Waals surface area contributed by atoms with E-state index in [1.807, 2.05) is 0 Å². The fourth-order valence-electron chi connectivity index (χ4n) is 5.75. The molecule has 0 aromatic heterocycles. The number of allylic oxidation sites excluding steroid dienone is 3. The summed E-state index contributed by atoms with van der Waals surface area (Å²) in [5.74, 6) is -0.655. The van der Waals surface area contributed by atoms with Crippen molar-refractivity contribution >= 4 is 11.7 Å². The zero-order chi connectivity index (χ0) is 25.5. The summed E-state index contributed by atoms with van der Waals surface area (Å²) in [5.41, 5.74) is -1.58. The zero-order valence-electron chi connectivity index (χ0n) is 20.2. The maximum Gasteiger partial charge on any atom is 0.418 e. The Labute approximate surface area is 202 Å². The molecule has 6 nitrogen and oxygen atoms in total. The summed E-state index contributed by atoms with van der Waals surface area (Å²) in [6.45, 7) is 3.40. The smallest absolute Gasteiger partial charge is 0.418 e. The van der Waals surface area contributed by atoms with Gasteiger partial charge in [0.05, 0.1) is 36.2 Å². The first kappa shape index (κ1) is 25.9. The van der Waals surface area contributed by atoms with E-state index in [2.05, 4.69) is 15.3 Å². The molecule has 10 heteroatoms. The number of methoxy groups -OCH3 is 1. The molecule has 0 bridgehead atoms. The van der Waals surface area contributed by atoms with Gasteiger partial charge in [0.1, 0.15) is 17.5 Å². The van der Waals surface area contributed by atoms with Gasteiger partial charge >= 0.3 is 6.18 Å². The molecule has 35 heavy (non-hydrogen) atoms. The number of fused-ring (bicyclic) bond motifs is 1. The summed E-state index contributed by atoms with van der Waals surface area (Å²) in [4.78, 5) is 9.21. The van der Waals surface area contributed by atoms with E-state index in [0.717, 1.165) is 11.6 Å². The highest BCUT2D eigenvalue weighted by atomic mass is 19.4. The van der Waals surface area contributed by atoms with E-state index in [1.54, 1.807) is 21.0 Å². The second-order valence-corrected chi connectivity index (χ2v) is 10.1. The number of rotatable bonds is 4. The van der Waals surface area contributed by atoms with Crippen LogP contribution in [0.15, 0.2) is 44.9 Å². The molecule has 194 valence electrons. The number of halogens is 4. The topological polar surface area (TPSA) is 86.4 Å². The number of ether oxygens (including phenoxy) is 1. The Balaban J connectivity index is 1.58. The average molecular weight is 500 g/mol. The minimum atomic E-state index is -4.75. The van der Waals surface area contributed by atoms with Crippen molar-refractivity contribution in [3.8, 4) is 0 Å². The molecule has 4 atom stereocenters. The zero-order valence-corrected chi connectivity index (χ0v) is 20.2. The van der Waals surface area contributed by atoms with Crippen molar-refractivity contribution in [1.29, 1.82) is 0 Å². The van der Waals surface area contributed by atoms with Crippen molar-refractivity contribution in [2.45, 2.75) is 88.8 Å². The molecule has 4 unspecified atom stereocenters. The Hall–Kier alpha value is -2.20. The van der Waals surface area contributed by atoms with Gasteiger partial charge in [-0.05, 0) is 57.9 Å². The molecule has 0 spiro atoms. The summed E-state index contributed by atoms with van der Waals surface area (Å²) in [5, 5.41) is 24.6. The number of aliphatic hydroxyl groups excluding tert-OH is 1. The second kappa shape index (κ2) is 9.69. The molecular formula is C25H33F4N3O3. The van der Waals surface area contributed by atoms with Crippen molar-refractivity contribution in [2.75, 3.05) is 7.11 Å². The van der Waals surface area contributed by atoms with Crippen LogP contribution in [0.3, 0.4) is 0 Å². The summed E-state index contributed by atoms with van der Waals surface area (Å²) in [7, 11) is 1.56. The van der Waals surface area contributed by atoms with E-state index in [9.17, 15) is 27.8 Å². The molecule has 3 N–H and O–H groups in total. The van der Waals surface area contributed by atoms with Crippen LogP contribution in [0.4, 0.5) is 17.6 Å². The maximum absolute atomic E-state index is 14.8. The molecule has 4 rings (SSSR count). The molecule has 0 saturated heterocycles. The van der Waals surface area contributed by atoms with Gasteiger partial charge in [-0.15, -0.1) is 0 Å². The van der Waals surface area contributed by atoms with Crippen LogP contribution in [0, 0.1) is 11.8 Å². The number of nitrogens with one attached hydrogen (secondary N) is 1. The Morgan fingerprint density at radius 2 is 1.91 bits per heavy atom. The molecule has 4 aliphatic rings. The first-order valence-electron chi connectivity index (χ1n) is 12.1. The van der Waals surface area contributed by atoms with Gasteiger partial charge in [0, 0.05) is 24.3 Å². The molecule has 1 saturated carbocycles. The maximum atomic E-state index is 14.8. The van der Waals surface area contributed by atoms with Crippen molar-refractivity contribution < 1.29 is 32.5 Å². The highest BCUT2D eigenvalue weighted by Crippen LogP contribution is 2.45. The molecular weight excluding hydrogens is 466 g/mol. The van der Waals surface area contributed by atoms with Gasteiger partial charge in [0.2, 0.25) is 0 Å². The fourth-order valence-corrected chi connectivity index (χ4v) is 5.75. The molecule has 1 aliphatic heterocycles. The van der Waals surface area contributed by atoms with E-state index in [4.69, 9.17) is 4.74 Å². The highest BCUT2D eigenvalue weighted by Gasteiger charge is 2.46. The monoisotopic (exact) mass is 499 g/mol. The average Bonchev–Trinajstić information content (AvgIpc) is 2.79. The van der Waals surface area contributed by atoms with Crippen LogP contribution >= 0.6 is 0 Å². The second-order valence-electron chi connectivity index (χ2n) is 10.1. The highest BCUT2D eigenvalue weighted by molar-refractivity contribution is 6.00. The number of alkyl halides is 3. The third kappa shape index (κ3) is 5.18. The number of hydrogen-bond donors (Lipinski definition) is 3. The van der Waals surface area contributed by atoms with E-state index in [-0.39, 0.29) is 18.4 Å². The van der Waals surface area contributed by atoms with Crippen molar-refractivity contribution in [3.63, 3.8) is 0 Å². The third-order valence-electron chi connectivity index (χ3n) is 7.74. The molecule has 0 amide bonds. The lowest BCUT2D eigenvalue weighted by Gasteiger charge is -2.43. The first-order valence-corrected chi connectivity index (χ1v) is 12.1. The van der Waals surface area contributed by atoms with Gasteiger partial charge in [-0.3, -0.25) is 4.99 Å². The summed E-state index contributed by atoms with van der Waals surface area (Å²) >= 11 is 0. The van der Waals surface area contributed by atoms with Gasteiger partial charge in [-0.2, -0.15) is 13.2 Å². The molecule has 0 aromatic carbocycles. The van der Waals surface area contributed by atoms with Gasteiger partial charge in [0.25, 0.3) is 0 Å². The fraction of sp³-hybridized carbons (Fsp3) is 0.680. The van der Waals surface area contributed by atoms with Crippen LogP contribution in [-0.2, 0) is 4.74 Å². The molecule has 3 aliphatic carbocycles. The summed E-state index contributed by atoms with van der Waals surface area (Å²) < 4.78 is 60.2. The number of hydrogen-bond acceptors (Lipinski definition) is 6. The largest absolute Gasteiger partial charge is 0.501 e. The number of amidine groups is 2. The number of nitrogens with zero attached hydrogens (tertiary/aromatic N) is 2. The van der Waals surface area contributed by atoms with Crippen LogP contribution in [0.25, 0.3) is 0 Å². The lowest BCUT2D eigenvalue weighted by atomic mass is 9.70. The SMILES string of the molecule is COC1=C(C2(O)CCC(O)CC2)CC2C(NC(C)C3CC=CC(C(F)(F)F)=C3F)=NC(C)=NC2C1. The minimum absolute atomic E-state index is 0.148. The molecule has 0 radical (unpaired) electrons. The standard InChI is InChI=1S/C25H33F4N3O3/c1-13(16-5-4-6-18(22(16)26)25(27,28)29)30-23-17-11-19(24(34)9-7-15(33)8-10-24)21(35-3)12-20(17)31-14(2)32-23/h4,6,13,15-17,20,33-34H,5,7-12H2,1-3H3,(H,30,31,32). The van der Waals surface area contributed by atoms with Crippen LogP contribution < -0.4 is 5.32 Å². The molecule has 1 heterocycles. The van der Waals surface area contributed by atoms with Crippen molar-refractivity contribution in [3.05, 3.63) is 34.9 Å². The van der Waals surface area contributed by atoms with E-state index < -0.39 is 41.2 Å². The number of aliphatic hydroxyl groups is 2. The van der Waals surface area contributed by atoms with Crippen LogP contribution in [0.5, 0.6) is 0 Å². The molecule has 1 fully saturated rings. The Morgan fingerprint density at radius 3 is 2.54 bits per heavy atom. The Bertz CT molecular complexity index is 990. The Morgan fingerprint density at radius 1 is 1.23 bits per heavy atom. The predicted molar refractivity (Wildman–Crippen MR) is 125 cm³/mol. The van der Waals surface area contributed by atoms with Crippen molar-refractivity contribution in [1.82, 2.24) is 5.32 Å². The first-order chi connectivity index (χ1) is 16.4. The van der Waals surface area contributed by atoms with Crippen LogP contribution in [-0.4, -0.2) is 59.0 Å². The summed E-state index contributed by atoms with van der Waals surface area (Å²) in [6.07, 6.45) is -0.224. The van der Waals surface area contributed by atoms with E-state index in [0.29, 0.717) is 56.0 Å². The van der Waals surface area contributed by atoms with Gasteiger partial charge in [-0.1, -0.05) is 12.2 Å². The minimum Gasteiger partial charge on any atom is -0.501 e.